The van der Waals surface area contributed by atoms with Crippen molar-refractivity contribution in [2.24, 2.45) is 5.92 Å². The summed E-state index contributed by atoms with van der Waals surface area (Å²) in [5.41, 5.74) is 2.23. The van der Waals surface area contributed by atoms with Gasteiger partial charge >= 0.3 is 0 Å². The molecule has 1 aliphatic carbocycles. The van der Waals surface area contributed by atoms with E-state index in [2.05, 4.69) is 26.8 Å². The molecule has 0 radical (unpaired) electrons. The number of nitrogens with one attached hydrogen (secondary N) is 1. The van der Waals surface area contributed by atoms with E-state index in [1.807, 2.05) is 4.90 Å². The van der Waals surface area contributed by atoms with Crippen molar-refractivity contribution in [3.63, 3.8) is 0 Å². The molecular formula is C24H32N6O2. The molecule has 1 saturated carbocycles. The highest BCUT2D eigenvalue weighted by molar-refractivity contribution is 5.92. The summed E-state index contributed by atoms with van der Waals surface area (Å²) in [5, 5.41) is 0. The number of hydrogen-bond donors (Lipinski definition) is 1. The Hall–Kier alpha value is -2.61. The molecule has 0 aromatic carbocycles. The van der Waals surface area contributed by atoms with Crippen molar-refractivity contribution in [2.75, 3.05) is 19.6 Å². The van der Waals surface area contributed by atoms with E-state index in [9.17, 15) is 9.59 Å². The summed E-state index contributed by atoms with van der Waals surface area (Å²) in [6.07, 6.45) is 12.1. The van der Waals surface area contributed by atoms with E-state index in [1.165, 1.54) is 38.1 Å². The molecule has 1 saturated heterocycles. The van der Waals surface area contributed by atoms with Crippen LogP contribution in [0.4, 0.5) is 0 Å². The molecule has 32 heavy (non-hydrogen) atoms. The zero-order valence-corrected chi connectivity index (χ0v) is 18.8. The number of aromatic nitrogens is 4. The topological polar surface area (TPSA) is 95.1 Å². The van der Waals surface area contributed by atoms with Crippen LogP contribution in [-0.2, 0) is 13.0 Å². The molecule has 0 spiro atoms. The maximum atomic E-state index is 13.0. The highest BCUT2D eigenvalue weighted by atomic mass is 16.2. The Kier molecular flexibility index (Phi) is 6.04. The van der Waals surface area contributed by atoms with Crippen LogP contribution in [-0.4, -0.2) is 61.3 Å². The number of carbonyl (C=O) groups is 1. The minimum atomic E-state index is -0.0827. The molecule has 2 fully saturated rings. The van der Waals surface area contributed by atoms with Crippen molar-refractivity contribution in [1.29, 1.82) is 0 Å². The Bertz CT molecular complexity index is 1010. The molecular weight excluding hydrogens is 404 g/mol. The van der Waals surface area contributed by atoms with Crippen molar-refractivity contribution in [1.82, 2.24) is 29.7 Å². The van der Waals surface area contributed by atoms with Gasteiger partial charge in [0.25, 0.3) is 11.5 Å². The lowest BCUT2D eigenvalue weighted by Gasteiger charge is -2.38. The second-order valence-electron chi connectivity index (χ2n) is 9.67. The third kappa shape index (κ3) is 4.33. The highest BCUT2D eigenvalue weighted by Crippen LogP contribution is 2.31. The average Bonchev–Trinajstić information content (AvgIpc) is 2.84. The largest absolute Gasteiger partial charge is 0.337 e. The third-order valence-electron chi connectivity index (χ3n) is 7.57. The fourth-order valence-electron chi connectivity index (χ4n) is 5.51. The van der Waals surface area contributed by atoms with Crippen molar-refractivity contribution in [3.05, 3.63) is 51.7 Å². The van der Waals surface area contributed by atoms with Crippen LogP contribution in [0.25, 0.3) is 0 Å². The van der Waals surface area contributed by atoms with E-state index in [1.54, 1.807) is 6.20 Å². The molecule has 4 heterocycles. The molecule has 5 rings (SSSR count). The zero-order valence-electron chi connectivity index (χ0n) is 18.8. The second kappa shape index (κ2) is 9.10. The van der Waals surface area contributed by atoms with Crippen LogP contribution >= 0.6 is 0 Å². The van der Waals surface area contributed by atoms with Crippen LogP contribution in [0, 0.1) is 5.92 Å². The SMILES string of the molecule is CC1CCC(N2CCc3nc(C4CCN(C(=O)c5cnccn5)CC4)[nH]c(=O)c3C2)CC1. The number of amides is 1. The van der Waals surface area contributed by atoms with E-state index in [-0.39, 0.29) is 17.4 Å². The zero-order chi connectivity index (χ0) is 22.1. The van der Waals surface area contributed by atoms with Crippen LogP contribution in [0.2, 0.25) is 0 Å². The van der Waals surface area contributed by atoms with Crippen molar-refractivity contribution >= 4 is 5.91 Å². The van der Waals surface area contributed by atoms with E-state index in [0.717, 1.165) is 55.4 Å². The highest BCUT2D eigenvalue weighted by Gasteiger charge is 2.31. The molecule has 2 aliphatic heterocycles. The van der Waals surface area contributed by atoms with Gasteiger partial charge < -0.3 is 9.88 Å². The van der Waals surface area contributed by atoms with Gasteiger partial charge in [0.15, 0.2) is 0 Å². The normalized spacial score (nSPS) is 24.8. The number of H-pyrrole nitrogens is 1. The monoisotopic (exact) mass is 436 g/mol. The molecule has 8 nitrogen and oxygen atoms in total. The first-order valence-electron chi connectivity index (χ1n) is 12.0. The first kappa shape index (κ1) is 21.2. The Labute approximate surface area is 188 Å². The Morgan fingerprint density at radius 3 is 2.56 bits per heavy atom. The Morgan fingerprint density at radius 1 is 1.06 bits per heavy atom. The van der Waals surface area contributed by atoms with Crippen molar-refractivity contribution in [2.45, 2.75) is 70.4 Å². The number of carbonyl (C=O) groups excluding carboxylic acids is 1. The number of likely N-dealkylation sites (tertiary alicyclic amines) is 1. The number of fused-ring (bicyclic) bond motifs is 1. The van der Waals surface area contributed by atoms with Gasteiger partial charge in [0, 0.05) is 57.0 Å². The summed E-state index contributed by atoms with van der Waals surface area (Å²) < 4.78 is 0. The summed E-state index contributed by atoms with van der Waals surface area (Å²) in [6, 6.07) is 0.606. The van der Waals surface area contributed by atoms with Gasteiger partial charge in [-0.1, -0.05) is 6.92 Å². The summed E-state index contributed by atoms with van der Waals surface area (Å²) in [5.74, 6) is 1.72. The average molecular weight is 437 g/mol. The van der Waals surface area contributed by atoms with Crippen LogP contribution < -0.4 is 5.56 Å². The lowest BCUT2D eigenvalue weighted by Crippen LogP contribution is -2.44. The van der Waals surface area contributed by atoms with E-state index < -0.39 is 0 Å². The molecule has 0 bridgehead atoms. The summed E-state index contributed by atoms with van der Waals surface area (Å²) in [6.45, 7) is 5.33. The predicted octanol–water partition coefficient (Wildman–Crippen LogP) is 2.52. The molecule has 1 N–H and O–H groups in total. The van der Waals surface area contributed by atoms with Crippen molar-refractivity contribution in [3.8, 4) is 0 Å². The van der Waals surface area contributed by atoms with Gasteiger partial charge in [-0.25, -0.2) is 9.97 Å². The maximum absolute atomic E-state index is 13.0. The molecule has 0 unspecified atom stereocenters. The number of aromatic amines is 1. The van der Waals surface area contributed by atoms with Crippen LogP contribution in [0.15, 0.2) is 23.4 Å². The number of nitrogens with zero attached hydrogens (tertiary/aromatic N) is 5. The van der Waals surface area contributed by atoms with Gasteiger partial charge in [0.2, 0.25) is 0 Å². The van der Waals surface area contributed by atoms with E-state index >= 15 is 0 Å². The molecule has 3 aliphatic rings. The molecule has 8 heteroatoms. The Morgan fingerprint density at radius 2 is 1.84 bits per heavy atom. The molecule has 1 amide bonds. The first-order valence-corrected chi connectivity index (χ1v) is 12.0. The molecule has 0 atom stereocenters. The molecule has 2 aromatic rings. The van der Waals surface area contributed by atoms with E-state index in [0.29, 0.717) is 24.8 Å². The fraction of sp³-hybridized carbons (Fsp3) is 0.625. The minimum absolute atomic E-state index is 0.0249. The summed E-state index contributed by atoms with van der Waals surface area (Å²) in [4.78, 5) is 46.0. The minimum Gasteiger partial charge on any atom is -0.337 e. The number of rotatable bonds is 3. The van der Waals surface area contributed by atoms with Gasteiger partial charge in [0.05, 0.1) is 17.5 Å². The lowest BCUT2D eigenvalue weighted by atomic mass is 9.86. The first-order chi connectivity index (χ1) is 15.6. The van der Waals surface area contributed by atoms with Crippen molar-refractivity contribution < 1.29 is 4.79 Å². The molecule has 170 valence electrons. The smallest absolute Gasteiger partial charge is 0.274 e. The Balaban J connectivity index is 1.24. The third-order valence-corrected chi connectivity index (χ3v) is 7.57. The van der Waals surface area contributed by atoms with E-state index in [4.69, 9.17) is 4.98 Å². The van der Waals surface area contributed by atoms with Gasteiger partial charge in [-0.05, 0) is 44.4 Å². The maximum Gasteiger partial charge on any atom is 0.274 e. The number of hydrogen-bond acceptors (Lipinski definition) is 6. The van der Waals surface area contributed by atoms with Gasteiger partial charge in [0.1, 0.15) is 11.5 Å². The fourth-order valence-corrected chi connectivity index (χ4v) is 5.51. The van der Waals surface area contributed by atoms with Crippen LogP contribution in [0.3, 0.4) is 0 Å². The summed E-state index contributed by atoms with van der Waals surface area (Å²) >= 11 is 0. The lowest BCUT2D eigenvalue weighted by molar-refractivity contribution is 0.0704. The van der Waals surface area contributed by atoms with Crippen LogP contribution in [0.5, 0.6) is 0 Å². The quantitative estimate of drug-likeness (QED) is 0.794. The predicted molar refractivity (Wildman–Crippen MR) is 120 cm³/mol. The number of piperidine rings is 1. The van der Waals surface area contributed by atoms with Gasteiger partial charge in [-0.3, -0.25) is 19.5 Å². The molecule has 2 aromatic heterocycles. The standard InChI is InChI=1S/C24H32N6O2/c1-16-2-4-18(5-3-16)30-13-8-20-19(15-30)23(31)28-22(27-20)17-6-11-29(12-7-17)24(32)21-14-25-9-10-26-21/h9-10,14,16-18H,2-8,11-13,15H2,1H3,(H,27,28,31). The summed E-state index contributed by atoms with van der Waals surface area (Å²) in [7, 11) is 0. The van der Waals surface area contributed by atoms with Gasteiger partial charge in [-0.2, -0.15) is 0 Å². The van der Waals surface area contributed by atoms with Crippen LogP contribution in [0.1, 0.15) is 78.9 Å². The second-order valence-corrected chi connectivity index (χ2v) is 9.67. The van der Waals surface area contributed by atoms with Gasteiger partial charge in [-0.15, -0.1) is 0 Å².